The van der Waals surface area contributed by atoms with Gasteiger partial charge in [-0.3, -0.25) is 0 Å². The maximum Gasteiger partial charge on any atom is 0.506 e. The van der Waals surface area contributed by atoms with Gasteiger partial charge in [-0.05, 0) is 55.5 Å². The van der Waals surface area contributed by atoms with Gasteiger partial charge in [-0.25, -0.2) is 14.2 Å². The Morgan fingerprint density at radius 1 is 1.35 bits per heavy atom. The molecule has 1 atom stereocenters. The van der Waals surface area contributed by atoms with E-state index in [1.165, 1.54) is 17.4 Å². The number of carboxylic acid groups (broad SMARTS) is 1. The Kier molecular flexibility index (Phi) is 8.25. The second kappa shape index (κ2) is 11.4. The Balaban J connectivity index is 1.72. The second-order valence-corrected chi connectivity index (χ2v) is 10.7. The average Bonchev–Trinajstić information content (AvgIpc) is 3.61. The number of hydrogen-bond donors (Lipinski definition) is 1. The Hall–Kier alpha value is -3.28. The van der Waals surface area contributed by atoms with Gasteiger partial charge in [0.2, 0.25) is 0 Å². The van der Waals surface area contributed by atoms with Crippen molar-refractivity contribution in [3.63, 3.8) is 0 Å². The fourth-order valence-electron chi connectivity index (χ4n) is 4.37. The van der Waals surface area contributed by atoms with E-state index >= 15 is 0 Å². The number of aryl methyl sites for hydroxylation is 2. The topological polar surface area (TPSA) is 71.9 Å². The number of nitrogens with zero attached hydrogens (tertiary/aromatic N) is 2. The smallest absolute Gasteiger partial charge is 0.496 e. The molecule has 194 valence electrons. The van der Waals surface area contributed by atoms with Crippen molar-refractivity contribution in [1.82, 2.24) is 4.98 Å². The van der Waals surface area contributed by atoms with Crippen LogP contribution < -0.4 is 9.64 Å². The van der Waals surface area contributed by atoms with Gasteiger partial charge in [0.15, 0.2) is 5.13 Å². The highest BCUT2D eigenvalue weighted by Crippen LogP contribution is 2.44. The molecular weight excluding hydrogens is 515 g/mol. The molecule has 4 rings (SSSR count). The molecule has 1 heterocycles. The molecule has 1 N–H and O–H groups in total. The molecule has 1 saturated carbocycles. The van der Waals surface area contributed by atoms with Gasteiger partial charge < -0.3 is 19.5 Å². The summed E-state index contributed by atoms with van der Waals surface area (Å²) < 4.78 is 24.9. The summed E-state index contributed by atoms with van der Waals surface area (Å²) in [6, 6.07) is 8.39. The molecule has 1 aliphatic carbocycles. The Morgan fingerprint density at radius 2 is 2.11 bits per heavy atom. The van der Waals surface area contributed by atoms with Crippen LogP contribution in [0.15, 0.2) is 30.3 Å². The lowest BCUT2D eigenvalue weighted by Crippen LogP contribution is -2.29. The van der Waals surface area contributed by atoms with Crippen LogP contribution in [0.2, 0.25) is 5.02 Å². The van der Waals surface area contributed by atoms with Crippen molar-refractivity contribution in [3.8, 4) is 29.4 Å². The minimum absolute atomic E-state index is 0.178. The molecule has 1 aromatic heterocycles. The van der Waals surface area contributed by atoms with Crippen molar-refractivity contribution in [2.45, 2.75) is 45.8 Å². The molecule has 0 bridgehead atoms. The molecule has 0 aliphatic heterocycles. The number of hydrogen-bond acceptors (Lipinski definition) is 6. The largest absolute Gasteiger partial charge is 0.506 e. The van der Waals surface area contributed by atoms with E-state index in [4.69, 9.17) is 32.9 Å². The minimum Gasteiger partial charge on any atom is -0.496 e. The number of methoxy groups -OCH3 is 1. The summed E-state index contributed by atoms with van der Waals surface area (Å²) in [5.74, 6) is 3.47. The quantitative estimate of drug-likeness (QED) is 0.212. The maximum absolute atomic E-state index is 14.9. The van der Waals surface area contributed by atoms with E-state index in [1.807, 2.05) is 30.9 Å². The number of halogens is 2. The molecule has 0 radical (unpaired) electrons. The van der Waals surface area contributed by atoms with Crippen molar-refractivity contribution >= 4 is 34.2 Å². The number of rotatable bonds is 10. The van der Waals surface area contributed by atoms with Crippen LogP contribution in [-0.2, 0) is 11.3 Å². The third kappa shape index (κ3) is 6.17. The summed E-state index contributed by atoms with van der Waals surface area (Å²) in [5, 5.41) is 10.0. The molecule has 3 aromatic rings. The van der Waals surface area contributed by atoms with Gasteiger partial charge in [-0.1, -0.05) is 42.5 Å². The molecule has 37 heavy (non-hydrogen) atoms. The first-order chi connectivity index (χ1) is 17.7. The van der Waals surface area contributed by atoms with Gasteiger partial charge in [0.25, 0.3) is 0 Å². The average molecular weight is 543 g/mol. The fraction of sp³-hybridized carbons (Fsp3) is 0.357. The van der Waals surface area contributed by atoms with Gasteiger partial charge in [0, 0.05) is 16.0 Å². The van der Waals surface area contributed by atoms with Gasteiger partial charge in [0.05, 0.1) is 30.4 Å². The number of aromatic nitrogens is 1. The third-order valence-corrected chi connectivity index (χ3v) is 7.80. The van der Waals surface area contributed by atoms with Crippen molar-refractivity contribution in [1.29, 1.82) is 0 Å². The highest BCUT2D eigenvalue weighted by molar-refractivity contribution is 7.16. The number of benzene rings is 2. The Bertz CT molecular complexity index is 1350. The van der Waals surface area contributed by atoms with E-state index in [2.05, 4.69) is 10.7 Å². The normalized spacial score (nSPS) is 13.6. The zero-order valence-electron chi connectivity index (χ0n) is 20.9. The van der Waals surface area contributed by atoms with Crippen LogP contribution in [0.25, 0.3) is 11.3 Å². The van der Waals surface area contributed by atoms with Gasteiger partial charge >= 0.3 is 6.16 Å². The van der Waals surface area contributed by atoms with Crippen molar-refractivity contribution in [2.75, 3.05) is 18.6 Å². The monoisotopic (exact) mass is 542 g/mol. The molecule has 0 amide bonds. The second-order valence-electron chi connectivity index (χ2n) is 9.14. The first kappa shape index (κ1) is 26.8. The summed E-state index contributed by atoms with van der Waals surface area (Å²) in [5.41, 5.74) is 3.47. The number of terminal acetylenes is 1. The first-order valence-electron chi connectivity index (χ1n) is 11.9. The predicted molar refractivity (Wildman–Crippen MR) is 144 cm³/mol. The highest BCUT2D eigenvalue weighted by Gasteiger charge is 2.32. The Labute approximate surface area is 225 Å². The molecule has 9 heteroatoms. The van der Waals surface area contributed by atoms with Crippen molar-refractivity contribution in [2.24, 2.45) is 5.92 Å². The molecule has 0 saturated heterocycles. The number of ether oxygens (including phenoxy) is 2. The van der Waals surface area contributed by atoms with Crippen LogP contribution >= 0.6 is 22.9 Å². The molecular formula is C28H28ClFN2O4S. The van der Waals surface area contributed by atoms with Crippen LogP contribution in [0.3, 0.4) is 0 Å². The molecule has 0 unspecified atom stereocenters. The van der Waals surface area contributed by atoms with E-state index in [9.17, 15) is 9.18 Å². The van der Waals surface area contributed by atoms with Gasteiger partial charge in [-0.15, -0.1) is 17.8 Å². The molecule has 1 aliphatic rings. The zero-order valence-corrected chi connectivity index (χ0v) is 22.5. The van der Waals surface area contributed by atoms with Crippen molar-refractivity contribution in [3.05, 3.63) is 62.7 Å². The lowest BCUT2D eigenvalue weighted by atomic mass is 9.98. The summed E-state index contributed by atoms with van der Waals surface area (Å²) in [7, 11) is 1.61. The van der Waals surface area contributed by atoms with E-state index in [1.54, 1.807) is 19.2 Å². The van der Waals surface area contributed by atoms with Gasteiger partial charge in [0.1, 0.15) is 18.2 Å². The molecule has 6 nitrogen and oxygen atoms in total. The van der Waals surface area contributed by atoms with Crippen LogP contribution in [0.5, 0.6) is 5.75 Å². The SMILES string of the molecule is C#CCN(c1nc(-c2cc(C)c(OC)cc2Cl)c(C)s1)[C@@H](CC1CC1)c1ccc(COC(=O)O)c(F)c1. The van der Waals surface area contributed by atoms with E-state index in [0.717, 1.165) is 51.7 Å². The standard InChI is InChI=1S/C28H28ClFN2O4S/c1-5-10-32(27-31-26(17(3)37-27)21-11-16(2)25(35-4)14-22(21)29)24(12-18-6-7-18)19-8-9-20(23(30)13-19)15-36-28(33)34/h1,8-9,11,13-14,18,24H,6-7,10,12,15H2,2-4H3,(H,33,34)/t24-/m0/s1. The lowest BCUT2D eigenvalue weighted by molar-refractivity contribution is 0.0845. The summed E-state index contributed by atoms with van der Waals surface area (Å²) >= 11 is 8.12. The molecule has 2 aromatic carbocycles. The molecule has 0 spiro atoms. The van der Waals surface area contributed by atoms with E-state index < -0.39 is 12.0 Å². The number of carbonyl (C=O) groups is 1. The fourth-order valence-corrected chi connectivity index (χ4v) is 5.58. The van der Waals surface area contributed by atoms with Crippen LogP contribution in [0.4, 0.5) is 14.3 Å². The summed E-state index contributed by atoms with van der Waals surface area (Å²) in [6.45, 7) is 3.90. The number of thiazole rings is 1. The Morgan fingerprint density at radius 3 is 2.73 bits per heavy atom. The minimum atomic E-state index is -1.45. The molecule has 1 fully saturated rings. The lowest BCUT2D eigenvalue weighted by Gasteiger charge is -2.31. The maximum atomic E-state index is 14.9. The van der Waals surface area contributed by atoms with Crippen LogP contribution in [-0.4, -0.2) is 29.9 Å². The van der Waals surface area contributed by atoms with Crippen molar-refractivity contribution < 1.29 is 23.8 Å². The van der Waals surface area contributed by atoms with E-state index in [0.29, 0.717) is 23.2 Å². The first-order valence-corrected chi connectivity index (χ1v) is 13.1. The summed E-state index contributed by atoms with van der Waals surface area (Å²) in [4.78, 5) is 18.7. The third-order valence-electron chi connectivity index (χ3n) is 6.48. The predicted octanol–water partition coefficient (Wildman–Crippen LogP) is 7.40. The van der Waals surface area contributed by atoms with Crippen LogP contribution in [0.1, 0.15) is 46.9 Å². The van der Waals surface area contributed by atoms with Gasteiger partial charge in [-0.2, -0.15) is 0 Å². The number of anilines is 1. The summed E-state index contributed by atoms with van der Waals surface area (Å²) in [6.07, 6.45) is 7.39. The highest BCUT2D eigenvalue weighted by atomic mass is 35.5. The van der Waals surface area contributed by atoms with Crippen LogP contribution in [0, 0.1) is 37.9 Å². The zero-order chi connectivity index (χ0) is 26.7. The van der Waals surface area contributed by atoms with E-state index in [-0.39, 0.29) is 18.2 Å².